The molecule has 6 heteroatoms. The predicted octanol–water partition coefficient (Wildman–Crippen LogP) is 3.36. The van der Waals surface area contributed by atoms with Crippen LogP contribution in [-0.2, 0) is 4.79 Å². The van der Waals surface area contributed by atoms with E-state index in [1.165, 1.54) is 12.1 Å². The zero-order valence-electron chi connectivity index (χ0n) is 12.5. The number of carbonyl (C=O) groups excluding carboxylic acids is 1. The van der Waals surface area contributed by atoms with E-state index >= 15 is 0 Å². The Morgan fingerprint density at radius 1 is 1.38 bits per heavy atom. The Morgan fingerprint density at radius 2 is 2.00 bits per heavy atom. The van der Waals surface area contributed by atoms with E-state index in [9.17, 15) is 9.18 Å². The third-order valence-electron chi connectivity index (χ3n) is 2.98. The molecule has 1 unspecified atom stereocenters. The molecule has 120 valence electrons. The number of benzene rings is 1. The van der Waals surface area contributed by atoms with Crippen molar-refractivity contribution in [2.75, 3.05) is 12.3 Å². The molecule has 3 N–H and O–H groups in total. The second-order valence-corrected chi connectivity index (χ2v) is 6.25. The van der Waals surface area contributed by atoms with Crippen LogP contribution in [0.2, 0.25) is 0 Å². The maximum absolute atomic E-state index is 12.7. The summed E-state index contributed by atoms with van der Waals surface area (Å²) in [5.41, 5.74) is 5.16. The number of nitrogens with one attached hydrogen (secondary N) is 1. The third-order valence-corrected chi connectivity index (χ3v) is 4.08. The highest BCUT2D eigenvalue weighted by atomic mass is 35.5. The number of carbonyl (C=O) groups is 1. The zero-order chi connectivity index (χ0) is 15.0. The Hall–Kier alpha value is -0.780. The van der Waals surface area contributed by atoms with Gasteiger partial charge in [-0.1, -0.05) is 13.3 Å². The van der Waals surface area contributed by atoms with E-state index in [-0.39, 0.29) is 24.1 Å². The number of thioether (sulfide) groups is 1. The van der Waals surface area contributed by atoms with E-state index in [1.54, 1.807) is 30.8 Å². The quantitative estimate of drug-likeness (QED) is 0.566. The largest absolute Gasteiger partial charge is 0.354 e. The van der Waals surface area contributed by atoms with Crippen molar-refractivity contribution in [3.63, 3.8) is 0 Å². The fourth-order valence-electron chi connectivity index (χ4n) is 1.83. The van der Waals surface area contributed by atoms with Gasteiger partial charge in [-0.05, 0) is 49.8 Å². The topological polar surface area (TPSA) is 55.1 Å². The molecular formula is C15H24ClFN2OS. The molecule has 0 radical (unpaired) electrons. The maximum atomic E-state index is 12.7. The van der Waals surface area contributed by atoms with Crippen LogP contribution >= 0.6 is 24.2 Å². The summed E-state index contributed by atoms with van der Waals surface area (Å²) in [7, 11) is 0. The van der Waals surface area contributed by atoms with E-state index < -0.39 is 5.54 Å². The van der Waals surface area contributed by atoms with Gasteiger partial charge in [-0.2, -0.15) is 0 Å². The number of amides is 1. The van der Waals surface area contributed by atoms with Crippen LogP contribution in [0.15, 0.2) is 29.2 Å². The second-order valence-electron chi connectivity index (χ2n) is 5.08. The standard InChI is InChI=1S/C15H23FN2OS.ClH/c1-3-9-15(2,17)14(19)18-10-4-11-20-13-7-5-12(16)6-8-13;/h5-8H,3-4,9-11,17H2,1-2H3,(H,18,19);1H. The van der Waals surface area contributed by atoms with Crippen LogP contribution in [-0.4, -0.2) is 23.7 Å². The van der Waals surface area contributed by atoms with Crippen LogP contribution in [0.5, 0.6) is 0 Å². The highest BCUT2D eigenvalue weighted by Crippen LogP contribution is 2.18. The molecule has 0 aliphatic carbocycles. The van der Waals surface area contributed by atoms with Crippen molar-refractivity contribution >= 4 is 30.1 Å². The van der Waals surface area contributed by atoms with Gasteiger partial charge in [-0.3, -0.25) is 4.79 Å². The molecule has 1 aromatic carbocycles. The number of hydrogen-bond acceptors (Lipinski definition) is 3. The first-order valence-corrected chi connectivity index (χ1v) is 7.90. The SMILES string of the molecule is CCCC(C)(N)C(=O)NCCCSc1ccc(F)cc1.Cl. The Balaban J connectivity index is 0.00000400. The summed E-state index contributed by atoms with van der Waals surface area (Å²) in [6, 6.07) is 6.43. The summed E-state index contributed by atoms with van der Waals surface area (Å²) < 4.78 is 12.7. The molecule has 0 bridgehead atoms. The van der Waals surface area contributed by atoms with Crippen molar-refractivity contribution in [2.24, 2.45) is 5.73 Å². The smallest absolute Gasteiger partial charge is 0.239 e. The van der Waals surface area contributed by atoms with Crippen LogP contribution in [0.25, 0.3) is 0 Å². The molecule has 1 rings (SSSR count). The molecule has 0 saturated heterocycles. The van der Waals surface area contributed by atoms with Gasteiger partial charge >= 0.3 is 0 Å². The Labute approximate surface area is 136 Å². The molecule has 0 fully saturated rings. The highest BCUT2D eigenvalue weighted by Gasteiger charge is 2.26. The summed E-state index contributed by atoms with van der Waals surface area (Å²) in [6.45, 7) is 4.39. The molecule has 1 amide bonds. The molecular weight excluding hydrogens is 311 g/mol. The number of hydrogen-bond donors (Lipinski definition) is 2. The molecule has 0 spiro atoms. The van der Waals surface area contributed by atoms with Crippen molar-refractivity contribution < 1.29 is 9.18 Å². The van der Waals surface area contributed by atoms with Gasteiger partial charge in [0.1, 0.15) is 5.82 Å². The second kappa shape index (κ2) is 10.0. The Kier molecular flexibility index (Phi) is 9.66. The van der Waals surface area contributed by atoms with E-state index in [2.05, 4.69) is 5.32 Å². The zero-order valence-corrected chi connectivity index (χ0v) is 14.2. The van der Waals surface area contributed by atoms with Crippen molar-refractivity contribution in [2.45, 2.75) is 43.5 Å². The highest BCUT2D eigenvalue weighted by molar-refractivity contribution is 7.99. The maximum Gasteiger partial charge on any atom is 0.239 e. The lowest BCUT2D eigenvalue weighted by molar-refractivity contribution is -0.126. The van der Waals surface area contributed by atoms with Crippen LogP contribution in [0.3, 0.4) is 0 Å². The lowest BCUT2D eigenvalue weighted by Gasteiger charge is -2.22. The van der Waals surface area contributed by atoms with E-state index in [0.29, 0.717) is 13.0 Å². The molecule has 1 atom stereocenters. The predicted molar refractivity (Wildman–Crippen MR) is 89.5 cm³/mol. The van der Waals surface area contributed by atoms with Crippen molar-refractivity contribution in [3.05, 3.63) is 30.1 Å². The van der Waals surface area contributed by atoms with Crippen molar-refractivity contribution in [1.29, 1.82) is 0 Å². The summed E-state index contributed by atoms with van der Waals surface area (Å²) in [5.74, 6) is 0.562. The first kappa shape index (κ1) is 20.2. The minimum Gasteiger partial charge on any atom is -0.354 e. The van der Waals surface area contributed by atoms with Crippen molar-refractivity contribution in [1.82, 2.24) is 5.32 Å². The van der Waals surface area contributed by atoms with Crippen LogP contribution in [0.1, 0.15) is 33.1 Å². The summed E-state index contributed by atoms with van der Waals surface area (Å²) in [6.07, 6.45) is 2.43. The molecule has 1 aromatic rings. The molecule has 0 saturated carbocycles. The fourth-order valence-corrected chi connectivity index (χ4v) is 2.68. The van der Waals surface area contributed by atoms with Gasteiger partial charge < -0.3 is 11.1 Å². The summed E-state index contributed by atoms with van der Waals surface area (Å²) >= 11 is 1.65. The molecule has 0 heterocycles. The van der Waals surface area contributed by atoms with Gasteiger partial charge in [0.25, 0.3) is 0 Å². The fraction of sp³-hybridized carbons (Fsp3) is 0.533. The number of halogens is 2. The Bertz CT molecular complexity index is 426. The van der Waals surface area contributed by atoms with Gasteiger partial charge in [0.2, 0.25) is 5.91 Å². The first-order chi connectivity index (χ1) is 9.45. The van der Waals surface area contributed by atoms with Gasteiger partial charge in [-0.25, -0.2) is 4.39 Å². The van der Waals surface area contributed by atoms with E-state index in [0.717, 1.165) is 23.5 Å². The minimum absolute atomic E-state index is 0. The molecule has 0 aromatic heterocycles. The molecule has 3 nitrogen and oxygen atoms in total. The minimum atomic E-state index is -0.779. The average molecular weight is 335 g/mol. The number of nitrogens with two attached hydrogens (primary N) is 1. The monoisotopic (exact) mass is 334 g/mol. The summed E-state index contributed by atoms with van der Waals surface area (Å²) in [4.78, 5) is 12.9. The lowest BCUT2D eigenvalue weighted by Crippen LogP contribution is -2.51. The molecule has 0 aliphatic rings. The average Bonchev–Trinajstić information content (AvgIpc) is 2.40. The van der Waals surface area contributed by atoms with Crippen LogP contribution in [0, 0.1) is 5.82 Å². The van der Waals surface area contributed by atoms with Gasteiger partial charge in [0.15, 0.2) is 0 Å². The Morgan fingerprint density at radius 3 is 2.57 bits per heavy atom. The number of rotatable bonds is 8. The van der Waals surface area contributed by atoms with Crippen LogP contribution in [0.4, 0.5) is 4.39 Å². The first-order valence-electron chi connectivity index (χ1n) is 6.91. The van der Waals surface area contributed by atoms with E-state index in [4.69, 9.17) is 5.73 Å². The van der Waals surface area contributed by atoms with Gasteiger partial charge in [-0.15, -0.1) is 24.2 Å². The lowest BCUT2D eigenvalue weighted by atomic mass is 9.96. The molecule has 0 aliphatic heterocycles. The van der Waals surface area contributed by atoms with E-state index in [1.807, 2.05) is 6.92 Å². The van der Waals surface area contributed by atoms with Gasteiger partial charge in [0, 0.05) is 11.4 Å². The summed E-state index contributed by atoms with van der Waals surface area (Å²) in [5, 5.41) is 2.87. The third kappa shape index (κ3) is 7.69. The van der Waals surface area contributed by atoms with Crippen LogP contribution < -0.4 is 11.1 Å². The van der Waals surface area contributed by atoms with Gasteiger partial charge in [0.05, 0.1) is 5.54 Å². The molecule has 21 heavy (non-hydrogen) atoms. The van der Waals surface area contributed by atoms with Crippen molar-refractivity contribution in [3.8, 4) is 0 Å². The normalized spacial score (nSPS) is 13.1.